The molecule has 120 valence electrons. The predicted octanol–water partition coefficient (Wildman–Crippen LogP) is 1.96. The quantitative estimate of drug-likeness (QED) is 0.836. The van der Waals surface area contributed by atoms with Crippen molar-refractivity contribution in [3.05, 3.63) is 24.3 Å². The molecule has 2 N–H and O–H groups in total. The van der Waals surface area contributed by atoms with Gasteiger partial charge in [0.15, 0.2) is 0 Å². The Labute approximate surface area is 127 Å². The highest BCUT2D eigenvalue weighted by Gasteiger charge is 2.24. The fourth-order valence-corrected chi connectivity index (χ4v) is 2.22. The normalized spacial score (nSPS) is 15.3. The maximum atomic E-state index is 12.7. The highest BCUT2D eigenvalue weighted by Crippen LogP contribution is 2.12. The molecule has 0 radical (unpaired) electrons. The van der Waals surface area contributed by atoms with E-state index in [4.69, 9.17) is 4.74 Å². The van der Waals surface area contributed by atoms with Crippen molar-refractivity contribution in [3.8, 4) is 0 Å². The van der Waals surface area contributed by atoms with E-state index in [1.165, 1.54) is 18.3 Å². The summed E-state index contributed by atoms with van der Waals surface area (Å²) in [6.45, 7) is 3.20. The monoisotopic (exact) mass is 310 g/mol. The van der Waals surface area contributed by atoms with Crippen LogP contribution >= 0.6 is 0 Å². The van der Waals surface area contributed by atoms with Crippen LogP contribution in [0.25, 0.3) is 0 Å². The van der Waals surface area contributed by atoms with Gasteiger partial charge < -0.3 is 20.3 Å². The Balaban J connectivity index is 1.74. The van der Waals surface area contributed by atoms with Crippen LogP contribution in [0.3, 0.4) is 0 Å². The van der Waals surface area contributed by atoms with Gasteiger partial charge in [-0.2, -0.15) is 4.39 Å². The molecule has 2 heterocycles. The number of aromatic nitrogens is 1. The van der Waals surface area contributed by atoms with E-state index in [0.29, 0.717) is 38.2 Å². The third kappa shape index (κ3) is 4.57. The zero-order chi connectivity index (χ0) is 15.9. The van der Waals surface area contributed by atoms with Crippen molar-refractivity contribution in [1.29, 1.82) is 0 Å². The second kappa shape index (κ2) is 7.58. The summed E-state index contributed by atoms with van der Waals surface area (Å²) in [4.78, 5) is 28.5. The van der Waals surface area contributed by atoms with Crippen LogP contribution in [0.2, 0.25) is 0 Å². The number of hydrogen-bond acceptors (Lipinski definition) is 4. The number of piperidine rings is 1. The minimum Gasteiger partial charge on any atom is -0.450 e. The lowest BCUT2D eigenvalue weighted by atomic mass is 10.1. The van der Waals surface area contributed by atoms with Crippen molar-refractivity contribution >= 4 is 17.8 Å². The van der Waals surface area contributed by atoms with Crippen LogP contribution in [0.1, 0.15) is 19.8 Å². The van der Waals surface area contributed by atoms with Crippen LogP contribution in [0.15, 0.2) is 18.3 Å². The van der Waals surface area contributed by atoms with Crippen molar-refractivity contribution in [3.63, 3.8) is 0 Å². The van der Waals surface area contributed by atoms with Crippen molar-refractivity contribution < 1.29 is 18.7 Å². The number of amides is 3. The number of halogens is 1. The Bertz CT molecular complexity index is 515. The van der Waals surface area contributed by atoms with Crippen LogP contribution in [0.4, 0.5) is 19.7 Å². The highest BCUT2D eigenvalue weighted by molar-refractivity contribution is 5.89. The standard InChI is InChI=1S/C14H19FN4O3/c1-2-22-14(21)19-7-5-10(6-8-19)17-13(20)18-11-3-4-12(15)16-9-11/h3-4,9-10H,2,5-8H2,1H3,(H2,17,18,20). The number of pyridine rings is 1. The van der Waals surface area contributed by atoms with E-state index in [1.807, 2.05) is 0 Å². The number of likely N-dealkylation sites (tertiary alicyclic amines) is 1. The number of anilines is 1. The molecule has 1 aliphatic rings. The molecule has 1 aromatic heterocycles. The SMILES string of the molecule is CCOC(=O)N1CCC(NC(=O)Nc2ccc(F)nc2)CC1. The predicted molar refractivity (Wildman–Crippen MR) is 78.0 cm³/mol. The van der Waals surface area contributed by atoms with E-state index in [0.717, 1.165) is 0 Å². The van der Waals surface area contributed by atoms with E-state index >= 15 is 0 Å². The average Bonchev–Trinajstić information content (AvgIpc) is 2.50. The number of carbonyl (C=O) groups excluding carboxylic acids is 2. The summed E-state index contributed by atoms with van der Waals surface area (Å²) in [5.74, 6) is -0.600. The Morgan fingerprint density at radius 1 is 1.41 bits per heavy atom. The van der Waals surface area contributed by atoms with Gasteiger partial charge in [0.2, 0.25) is 5.95 Å². The van der Waals surface area contributed by atoms with E-state index in [1.54, 1.807) is 11.8 Å². The maximum absolute atomic E-state index is 12.7. The topological polar surface area (TPSA) is 83.6 Å². The van der Waals surface area contributed by atoms with Crippen LogP contribution < -0.4 is 10.6 Å². The molecule has 0 bridgehead atoms. The fraction of sp³-hybridized carbons (Fsp3) is 0.500. The molecule has 0 unspecified atom stereocenters. The lowest BCUT2D eigenvalue weighted by Gasteiger charge is -2.31. The number of rotatable bonds is 3. The molecule has 3 amide bonds. The molecule has 0 aromatic carbocycles. The molecule has 0 atom stereocenters. The molecule has 1 aliphatic heterocycles. The van der Waals surface area contributed by atoms with Gasteiger partial charge in [0.05, 0.1) is 18.5 Å². The summed E-state index contributed by atoms with van der Waals surface area (Å²) >= 11 is 0. The van der Waals surface area contributed by atoms with Gasteiger partial charge in [0.25, 0.3) is 0 Å². The summed E-state index contributed by atoms with van der Waals surface area (Å²) in [6, 6.07) is 2.22. The zero-order valence-corrected chi connectivity index (χ0v) is 12.3. The fourth-order valence-electron chi connectivity index (χ4n) is 2.22. The lowest BCUT2D eigenvalue weighted by molar-refractivity contribution is 0.0959. The van der Waals surface area contributed by atoms with Crippen molar-refractivity contribution in [2.24, 2.45) is 0 Å². The summed E-state index contributed by atoms with van der Waals surface area (Å²) in [6.07, 6.45) is 2.25. The minimum atomic E-state index is -0.600. The van der Waals surface area contributed by atoms with Gasteiger partial charge in [-0.25, -0.2) is 14.6 Å². The zero-order valence-electron chi connectivity index (χ0n) is 12.3. The lowest BCUT2D eigenvalue weighted by Crippen LogP contribution is -2.47. The van der Waals surface area contributed by atoms with E-state index < -0.39 is 5.95 Å². The molecule has 7 nitrogen and oxygen atoms in total. The molecule has 1 aromatic rings. The van der Waals surface area contributed by atoms with Gasteiger partial charge in [-0.3, -0.25) is 0 Å². The number of nitrogens with one attached hydrogen (secondary N) is 2. The average molecular weight is 310 g/mol. The van der Waals surface area contributed by atoms with Crippen molar-refractivity contribution in [2.45, 2.75) is 25.8 Å². The van der Waals surface area contributed by atoms with Crippen LogP contribution in [0.5, 0.6) is 0 Å². The smallest absolute Gasteiger partial charge is 0.409 e. The first-order valence-electron chi connectivity index (χ1n) is 7.19. The van der Waals surface area contributed by atoms with Crippen LogP contribution in [-0.4, -0.2) is 47.7 Å². The van der Waals surface area contributed by atoms with Gasteiger partial charge in [-0.1, -0.05) is 0 Å². The summed E-state index contributed by atoms with van der Waals surface area (Å²) in [5.41, 5.74) is 0.419. The second-order valence-electron chi connectivity index (χ2n) is 4.93. The molecule has 0 spiro atoms. The van der Waals surface area contributed by atoms with Gasteiger partial charge in [-0.15, -0.1) is 0 Å². The highest BCUT2D eigenvalue weighted by atomic mass is 19.1. The largest absolute Gasteiger partial charge is 0.450 e. The molecule has 8 heteroatoms. The molecule has 1 saturated heterocycles. The number of nitrogens with zero attached hydrogens (tertiary/aromatic N) is 2. The molecular weight excluding hydrogens is 291 g/mol. The molecule has 0 aliphatic carbocycles. The number of hydrogen-bond donors (Lipinski definition) is 2. The Morgan fingerprint density at radius 2 is 2.14 bits per heavy atom. The Hall–Kier alpha value is -2.38. The van der Waals surface area contributed by atoms with Gasteiger partial charge in [0.1, 0.15) is 0 Å². The van der Waals surface area contributed by atoms with E-state index in [-0.39, 0.29) is 18.2 Å². The van der Waals surface area contributed by atoms with Gasteiger partial charge in [0, 0.05) is 19.1 Å². The van der Waals surface area contributed by atoms with E-state index in [9.17, 15) is 14.0 Å². The minimum absolute atomic E-state index is 0.0147. The molecule has 1 fully saturated rings. The van der Waals surface area contributed by atoms with Crippen molar-refractivity contribution in [1.82, 2.24) is 15.2 Å². The third-order valence-corrected chi connectivity index (χ3v) is 3.34. The summed E-state index contributed by atoms with van der Waals surface area (Å²) in [5, 5.41) is 5.41. The first-order valence-corrected chi connectivity index (χ1v) is 7.19. The Morgan fingerprint density at radius 3 is 2.73 bits per heavy atom. The first-order chi connectivity index (χ1) is 10.6. The van der Waals surface area contributed by atoms with Crippen LogP contribution in [-0.2, 0) is 4.74 Å². The van der Waals surface area contributed by atoms with Gasteiger partial charge in [-0.05, 0) is 31.9 Å². The second-order valence-corrected chi connectivity index (χ2v) is 4.93. The van der Waals surface area contributed by atoms with Crippen molar-refractivity contribution in [2.75, 3.05) is 25.0 Å². The third-order valence-electron chi connectivity index (χ3n) is 3.34. The molecule has 22 heavy (non-hydrogen) atoms. The van der Waals surface area contributed by atoms with Crippen LogP contribution in [0, 0.1) is 5.95 Å². The Kier molecular flexibility index (Phi) is 5.51. The maximum Gasteiger partial charge on any atom is 0.409 e. The molecule has 0 saturated carbocycles. The van der Waals surface area contributed by atoms with Gasteiger partial charge >= 0.3 is 12.1 Å². The van der Waals surface area contributed by atoms with E-state index in [2.05, 4.69) is 15.6 Å². The molecular formula is C14H19FN4O3. The number of urea groups is 1. The number of ether oxygens (including phenoxy) is 1. The molecule has 2 rings (SSSR count). The summed E-state index contributed by atoms with van der Waals surface area (Å²) in [7, 11) is 0. The summed E-state index contributed by atoms with van der Waals surface area (Å²) < 4.78 is 17.6. The first kappa shape index (κ1) is 16.0. The number of carbonyl (C=O) groups is 2.